The van der Waals surface area contributed by atoms with Crippen LogP contribution in [0.5, 0.6) is 0 Å². The number of hydrogen-bond donors (Lipinski definition) is 2. The number of piperidine rings is 1. The molecule has 2 heterocycles. The molecule has 0 spiro atoms. The van der Waals surface area contributed by atoms with Gasteiger partial charge in [0.15, 0.2) is 0 Å². The third-order valence-corrected chi connectivity index (χ3v) is 6.60. The number of nitrogens with one attached hydrogen (secondary N) is 1. The standard InChI is InChI=1S/C29H29N3O2/c33-25-16-15-24(19-30-18-23-11-6-10-22-12-7-17-31-28(22)23)32(20-25)29(34)27-14-5-4-13-26(27)21-8-2-1-3-9-21/h1-14,17,24-25,30,33H,15-16,18-20H2. The Kier molecular flexibility index (Phi) is 6.65. The second-order valence-electron chi connectivity index (χ2n) is 8.88. The van der Waals surface area contributed by atoms with E-state index in [0.29, 0.717) is 31.6 Å². The third kappa shape index (κ3) is 4.72. The zero-order valence-corrected chi connectivity index (χ0v) is 19.1. The Balaban J connectivity index is 1.34. The second kappa shape index (κ2) is 10.2. The fraction of sp³-hybridized carbons (Fsp3) is 0.241. The zero-order valence-electron chi connectivity index (χ0n) is 19.1. The van der Waals surface area contributed by atoms with Gasteiger partial charge in [-0.1, -0.05) is 72.8 Å². The van der Waals surface area contributed by atoms with Crippen LogP contribution in [0.3, 0.4) is 0 Å². The Bertz CT molecular complexity index is 1270. The lowest BCUT2D eigenvalue weighted by Gasteiger charge is -2.38. The van der Waals surface area contributed by atoms with Crippen molar-refractivity contribution in [1.29, 1.82) is 0 Å². The highest BCUT2D eigenvalue weighted by Gasteiger charge is 2.32. The Morgan fingerprint density at radius 1 is 0.941 bits per heavy atom. The van der Waals surface area contributed by atoms with Crippen LogP contribution in [0.4, 0.5) is 0 Å². The van der Waals surface area contributed by atoms with Gasteiger partial charge in [0.25, 0.3) is 5.91 Å². The van der Waals surface area contributed by atoms with Crippen LogP contribution in [0.2, 0.25) is 0 Å². The maximum atomic E-state index is 13.7. The Morgan fingerprint density at radius 2 is 1.74 bits per heavy atom. The van der Waals surface area contributed by atoms with E-state index < -0.39 is 6.10 Å². The van der Waals surface area contributed by atoms with E-state index in [0.717, 1.165) is 34.0 Å². The number of amides is 1. The molecule has 5 nitrogen and oxygen atoms in total. The molecule has 1 aliphatic heterocycles. The number of carbonyl (C=O) groups is 1. The first-order valence-corrected chi connectivity index (χ1v) is 11.9. The number of carbonyl (C=O) groups excluding carboxylic acids is 1. The molecule has 1 fully saturated rings. The molecule has 2 N–H and O–H groups in total. The summed E-state index contributed by atoms with van der Waals surface area (Å²) in [4.78, 5) is 20.1. The number of para-hydroxylation sites is 1. The molecule has 5 rings (SSSR count). The van der Waals surface area contributed by atoms with Crippen LogP contribution in [-0.4, -0.2) is 46.1 Å². The molecule has 4 aromatic rings. The van der Waals surface area contributed by atoms with Crippen molar-refractivity contribution in [3.8, 4) is 11.1 Å². The molecule has 5 heteroatoms. The van der Waals surface area contributed by atoms with Gasteiger partial charge in [0.2, 0.25) is 0 Å². The number of nitrogens with zero attached hydrogens (tertiary/aromatic N) is 2. The van der Waals surface area contributed by atoms with Gasteiger partial charge in [0.05, 0.1) is 11.6 Å². The first-order chi connectivity index (χ1) is 16.7. The maximum absolute atomic E-state index is 13.7. The van der Waals surface area contributed by atoms with Gasteiger partial charge < -0.3 is 15.3 Å². The molecule has 0 bridgehead atoms. The summed E-state index contributed by atoms with van der Waals surface area (Å²) in [6.45, 7) is 1.69. The Labute approximate surface area is 200 Å². The number of β-amino-alcohol motifs (C(OH)–C–C–N with tert-alkyl or cyclic N) is 1. The van der Waals surface area contributed by atoms with E-state index in [1.807, 2.05) is 77.8 Å². The number of aliphatic hydroxyl groups is 1. The van der Waals surface area contributed by atoms with E-state index in [9.17, 15) is 9.90 Å². The Hall–Kier alpha value is -3.54. The molecule has 34 heavy (non-hydrogen) atoms. The molecule has 3 aromatic carbocycles. The number of aliphatic hydroxyl groups excluding tert-OH is 1. The minimum absolute atomic E-state index is 0.0164. The van der Waals surface area contributed by atoms with Gasteiger partial charge in [-0.2, -0.15) is 0 Å². The van der Waals surface area contributed by atoms with Crippen LogP contribution in [0.15, 0.2) is 91.1 Å². The number of fused-ring (bicyclic) bond motifs is 1. The fourth-order valence-electron chi connectivity index (χ4n) is 4.85. The highest BCUT2D eigenvalue weighted by molar-refractivity contribution is 6.01. The van der Waals surface area contributed by atoms with Gasteiger partial charge in [-0.25, -0.2) is 0 Å². The number of hydrogen-bond acceptors (Lipinski definition) is 4. The number of likely N-dealkylation sites (tertiary alicyclic amines) is 1. The summed E-state index contributed by atoms with van der Waals surface area (Å²) in [6, 6.07) is 28.0. The first-order valence-electron chi connectivity index (χ1n) is 11.9. The van der Waals surface area contributed by atoms with Crippen LogP contribution in [-0.2, 0) is 6.54 Å². The number of pyridine rings is 1. The molecule has 1 aromatic heterocycles. The monoisotopic (exact) mass is 451 g/mol. The summed E-state index contributed by atoms with van der Waals surface area (Å²) in [7, 11) is 0. The Morgan fingerprint density at radius 3 is 2.62 bits per heavy atom. The van der Waals surface area contributed by atoms with Crippen LogP contribution >= 0.6 is 0 Å². The molecule has 1 amide bonds. The molecule has 0 radical (unpaired) electrons. The molecule has 2 atom stereocenters. The van der Waals surface area contributed by atoms with Crippen molar-refractivity contribution >= 4 is 16.8 Å². The summed E-state index contributed by atoms with van der Waals surface area (Å²) in [5, 5.41) is 15.0. The van der Waals surface area contributed by atoms with E-state index in [1.54, 1.807) is 0 Å². The first kappa shape index (κ1) is 22.3. The van der Waals surface area contributed by atoms with E-state index in [4.69, 9.17) is 0 Å². The quantitative estimate of drug-likeness (QED) is 0.448. The summed E-state index contributed by atoms with van der Waals surface area (Å²) in [5.41, 5.74) is 4.75. The van der Waals surface area contributed by atoms with Gasteiger partial charge in [-0.3, -0.25) is 9.78 Å². The summed E-state index contributed by atoms with van der Waals surface area (Å²) in [6.07, 6.45) is 2.79. The maximum Gasteiger partial charge on any atom is 0.254 e. The smallest absolute Gasteiger partial charge is 0.254 e. The zero-order chi connectivity index (χ0) is 23.3. The van der Waals surface area contributed by atoms with Gasteiger partial charge in [-0.05, 0) is 41.7 Å². The molecule has 1 saturated heterocycles. The predicted octanol–water partition coefficient (Wildman–Crippen LogP) is 4.66. The third-order valence-electron chi connectivity index (χ3n) is 6.60. The lowest BCUT2D eigenvalue weighted by molar-refractivity contribution is 0.0274. The lowest BCUT2D eigenvalue weighted by Crippen LogP contribution is -2.52. The van der Waals surface area contributed by atoms with E-state index in [2.05, 4.69) is 28.5 Å². The van der Waals surface area contributed by atoms with Crippen molar-refractivity contribution in [3.05, 3.63) is 102 Å². The second-order valence-corrected chi connectivity index (χ2v) is 8.88. The molecule has 172 valence electrons. The summed E-state index contributed by atoms with van der Waals surface area (Å²) >= 11 is 0. The van der Waals surface area contributed by atoms with E-state index in [-0.39, 0.29) is 11.9 Å². The predicted molar refractivity (Wildman–Crippen MR) is 135 cm³/mol. The average Bonchev–Trinajstić information content (AvgIpc) is 2.90. The highest BCUT2D eigenvalue weighted by Crippen LogP contribution is 2.27. The largest absolute Gasteiger partial charge is 0.391 e. The topological polar surface area (TPSA) is 65.5 Å². The molecular formula is C29H29N3O2. The van der Waals surface area contributed by atoms with Crippen LogP contribution < -0.4 is 5.32 Å². The molecule has 0 saturated carbocycles. The molecule has 0 aliphatic carbocycles. The minimum Gasteiger partial charge on any atom is -0.391 e. The van der Waals surface area contributed by atoms with Gasteiger partial charge in [0.1, 0.15) is 0 Å². The van der Waals surface area contributed by atoms with Crippen LogP contribution in [0, 0.1) is 0 Å². The minimum atomic E-state index is -0.494. The van der Waals surface area contributed by atoms with Crippen molar-refractivity contribution in [2.24, 2.45) is 0 Å². The van der Waals surface area contributed by atoms with Crippen molar-refractivity contribution in [2.75, 3.05) is 13.1 Å². The van der Waals surface area contributed by atoms with Crippen molar-refractivity contribution in [2.45, 2.75) is 31.5 Å². The molecule has 2 unspecified atom stereocenters. The highest BCUT2D eigenvalue weighted by atomic mass is 16.3. The number of benzene rings is 3. The van der Waals surface area contributed by atoms with Crippen molar-refractivity contribution < 1.29 is 9.90 Å². The van der Waals surface area contributed by atoms with E-state index in [1.165, 1.54) is 0 Å². The number of aromatic nitrogens is 1. The van der Waals surface area contributed by atoms with E-state index >= 15 is 0 Å². The van der Waals surface area contributed by atoms with Crippen LogP contribution in [0.1, 0.15) is 28.8 Å². The van der Waals surface area contributed by atoms with Gasteiger partial charge >= 0.3 is 0 Å². The van der Waals surface area contributed by atoms with Crippen molar-refractivity contribution in [3.63, 3.8) is 0 Å². The lowest BCUT2D eigenvalue weighted by atomic mass is 9.95. The SMILES string of the molecule is O=C(c1ccccc1-c1ccccc1)N1CC(O)CCC1CNCc1cccc2cccnc12. The van der Waals surface area contributed by atoms with Gasteiger partial charge in [0, 0.05) is 42.8 Å². The van der Waals surface area contributed by atoms with Gasteiger partial charge in [-0.15, -0.1) is 0 Å². The summed E-state index contributed by atoms with van der Waals surface area (Å²) in [5.74, 6) is -0.0307. The summed E-state index contributed by atoms with van der Waals surface area (Å²) < 4.78 is 0. The average molecular weight is 452 g/mol. The normalized spacial score (nSPS) is 18.2. The number of rotatable bonds is 6. The molecule has 1 aliphatic rings. The fourth-order valence-corrected chi connectivity index (χ4v) is 4.85. The molecular weight excluding hydrogens is 422 g/mol. The van der Waals surface area contributed by atoms with Crippen LogP contribution in [0.25, 0.3) is 22.0 Å². The van der Waals surface area contributed by atoms with Crippen molar-refractivity contribution in [1.82, 2.24) is 15.2 Å².